The van der Waals surface area contributed by atoms with Gasteiger partial charge in [0.05, 0.1) is 13.0 Å². The van der Waals surface area contributed by atoms with Crippen molar-refractivity contribution in [2.45, 2.75) is 39.2 Å². The highest BCUT2D eigenvalue weighted by atomic mass is 16.5. The summed E-state index contributed by atoms with van der Waals surface area (Å²) in [6.07, 6.45) is 5.31. The molecule has 0 aliphatic rings. The summed E-state index contributed by atoms with van der Waals surface area (Å²) >= 11 is 0. The number of ether oxygens (including phenoxy) is 1. The minimum atomic E-state index is -0.635. The van der Waals surface area contributed by atoms with E-state index >= 15 is 0 Å². The first-order valence-electron chi connectivity index (χ1n) is 8.95. The van der Waals surface area contributed by atoms with Gasteiger partial charge in [-0.2, -0.15) is 0 Å². The van der Waals surface area contributed by atoms with Crippen molar-refractivity contribution < 1.29 is 14.3 Å². The SMILES string of the molecule is CC(C)C(NC(=O)Cc1ccccc1)C(=O)OCCCc1cccnc1. The number of aromatic nitrogens is 1. The zero-order chi connectivity index (χ0) is 18.8. The summed E-state index contributed by atoms with van der Waals surface area (Å²) in [6.45, 7) is 4.11. The summed E-state index contributed by atoms with van der Waals surface area (Å²) < 4.78 is 5.36. The van der Waals surface area contributed by atoms with Gasteiger partial charge in [0.1, 0.15) is 6.04 Å². The number of hydrogen-bond acceptors (Lipinski definition) is 4. The van der Waals surface area contributed by atoms with Crippen molar-refractivity contribution in [1.29, 1.82) is 0 Å². The molecule has 138 valence electrons. The first kappa shape index (κ1) is 19.6. The Labute approximate surface area is 154 Å². The molecule has 5 heteroatoms. The second kappa shape index (κ2) is 10.3. The van der Waals surface area contributed by atoms with Crippen LogP contribution >= 0.6 is 0 Å². The van der Waals surface area contributed by atoms with Gasteiger partial charge in [-0.15, -0.1) is 0 Å². The number of nitrogens with zero attached hydrogens (tertiary/aromatic N) is 1. The number of pyridine rings is 1. The topological polar surface area (TPSA) is 68.3 Å². The van der Waals surface area contributed by atoms with Crippen LogP contribution in [-0.4, -0.2) is 29.5 Å². The van der Waals surface area contributed by atoms with Crippen molar-refractivity contribution in [3.05, 3.63) is 66.0 Å². The summed E-state index contributed by atoms with van der Waals surface area (Å²) in [7, 11) is 0. The first-order chi connectivity index (χ1) is 12.6. The van der Waals surface area contributed by atoms with Crippen LogP contribution in [0.5, 0.6) is 0 Å². The van der Waals surface area contributed by atoms with Crippen LogP contribution in [0.2, 0.25) is 0 Å². The summed E-state index contributed by atoms with van der Waals surface area (Å²) in [4.78, 5) is 28.6. The fraction of sp³-hybridized carbons (Fsp3) is 0.381. The van der Waals surface area contributed by atoms with Gasteiger partial charge in [0.2, 0.25) is 5.91 Å². The van der Waals surface area contributed by atoms with Gasteiger partial charge < -0.3 is 10.1 Å². The van der Waals surface area contributed by atoms with Crippen molar-refractivity contribution in [3.8, 4) is 0 Å². The molecule has 2 rings (SSSR count). The van der Waals surface area contributed by atoms with E-state index in [1.807, 2.05) is 62.5 Å². The van der Waals surface area contributed by atoms with Crippen LogP contribution in [0.25, 0.3) is 0 Å². The Kier molecular flexibility index (Phi) is 7.80. The number of aryl methyl sites for hydroxylation is 1. The van der Waals surface area contributed by atoms with E-state index in [1.165, 1.54) is 0 Å². The van der Waals surface area contributed by atoms with Gasteiger partial charge in [-0.25, -0.2) is 4.79 Å². The second-order valence-corrected chi connectivity index (χ2v) is 6.58. The van der Waals surface area contributed by atoms with Crippen molar-refractivity contribution >= 4 is 11.9 Å². The highest BCUT2D eigenvalue weighted by Gasteiger charge is 2.25. The van der Waals surface area contributed by atoms with Crippen LogP contribution in [0.1, 0.15) is 31.4 Å². The molecule has 0 saturated heterocycles. The molecule has 1 N–H and O–H groups in total. The number of carbonyl (C=O) groups is 2. The highest BCUT2D eigenvalue weighted by Crippen LogP contribution is 2.07. The molecule has 1 heterocycles. The lowest BCUT2D eigenvalue weighted by Crippen LogP contribution is -2.46. The molecule has 0 saturated carbocycles. The molecule has 0 spiro atoms. The molecule has 0 radical (unpaired) electrons. The minimum Gasteiger partial charge on any atom is -0.464 e. The molecule has 1 unspecified atom stereocenters. The number of benzene rings is 1. The molecule has 0 aliphatic heterocycles. The molecule has 1 amide bonds. The molecule has 1 aromatic carbocycles. The number of esters is 1. The quantitative estimate of drug-likeness (QED) is 0.555. The van der Waals surface area contributed by atoms with E-state index < -0.39 is 6.04 Å². The van der Waals surface area contributed by atoms with E-state index in [-0.39, 0.29) is 24.2 Å². The van der Waals surface area contributed by atoms with Crippen molar-refractivity contribution in [2.24, 2.45) is 5.92 Å². The van der Waals surface area contributed by atoms with E-state index in [9.17, 15) is 9.59 Å². The summed E-state index contributed by atoms with van der Waals surface area (Å²) in [5.41, 5.74) is 2.03. The van der Waals surface area contributed by atoms with Crippen LogP contribution in [-0.2, 0) is 27.2 Å². The Morgan fingerprint density at radius 3 is 2.46 bits per heavy atom. The lowest BCUT2D eigenvalue weighted by atomic mass is 10.0. The monoisotopic (exact) mass is 354 g/mol. The van der Waals surface area contributed by atoms with E-state index in [0.717, 1.165) is 24.0 Å². The first-order valence-corrected chi connectivity index (χ1v) is 8.95. The molecular formula is C21H26N2O3. The third-order valence-electron chi connectivity index (χ3n) is 4.02. The van der Waals surface area contributed by atoms with Crippen LogP contribution < -0.4 is 5.32 Å². The van der Waals surface area contributed by atoms with Gasteiger partial charge in [0.15, 0.2) is 0 Å². The number of hydrogen-bond donors (Lipinski definition) is 1. The number of amides is 1. The Bertz CT molecular complexity index is 687. The van der Waals surface area contributed by atoms with Gasteiger partial charge in [0, 0.05) is 12.4 Å². The largest absolute Gasteiger partial charge is 0.464 e. The molecule has 0 fully saturated rings. The van der Waals surface area contributed by atoms with Gasteiger partial charge in [0.25, 0.3) is 0 Å². The maximum Gasteiger partial charge on any atom is 0.328 e. The molecule has 0 aliphatic carbocycles. The Morgan fingerprint density at radius 2 is 1.81 bits per heavy atom. The third kappa shape index (κ3) is 6.67. The van der Waals surface area contributed by atoms with E-state index in [0.29, 0.717) is 6.61 Å². The Morgan fingerprint density at radius 1 is 1.08 bits per heavy atom. The van der Waals surface area contributed by atoms with Gasteiger partial charge in [-0.1, -0.05) is 50.2 Å². The van der Waals surface area contributed by atoms with Gasteiger partial charge in [-0.3, -0.25) is 9.78 Å². The minimum absolute atomic E-state index is 0.0412. The average Bonchev–Trinajstić information content (AvgIpc) is 2.64. The lowest BCUT2D eigenvalue weighted by Gasteiger charge is -2.21. The predicted octanol–water partition coefficient (Wildman–Crippen LogP) is 2.94. The summed E-state index contributed by atoms with van der Waals surface area (Å²) in [6, 6.07) is 12.7. The molecular weight excluding hydrogens is 328 g/mol. The number of rotatable bonds is 9. The van der Waals surface area contributed by atoms with Crippen molar-refractivity contribution in [3.63, 3.8) is 0 Å². The highest BCUT2D eigenvalue weighted by molar-refractivity contribution is 5.85. The lowest BCUT2D eigenvalue weighted by molar-refractivity contribution is -0.149. The molecule has 5 nitrogen and oxygen atoms in total. The number of carbonyl (C=O) groups excluding carboxylic acids is 2. The van der Waals surface area contributed by atoms with Crippen LogP contribution in [0.15, 0.2) is 54.9 Å². The Hall–Kier alpha value is -2.69. The predicted molar refractivity (Wildman–Crippen MR) is 100 cm³/mol. The normalized spacial score (nSPS) is 11.8. The van der Waals surface area contributed by atoms with Crippen LogP contribution in [0.4, 0.5) is 0 Å². The van der Waals surface area contributed by atoms with Crippen molar-refractivity contribution in [2.75, 3.05) is 6.61 Å². The van der Waals surface area contributed by atoms with E-state index in [4.69, 9.17) is 4.74 Å². The van der Waals surface area contributed by atoms with E-state index in [1.54, 1.807) is 6.20 Å². The Balaban J connectivity index is 1.78. The maximum absolute atomic E-state index is 12.3. The summed E-state index contributed by atoms with van der Waals surface area (Å²) in [5.74, 6) is -0.602. The van der Waals surface area contributed by atoms with Gasteiger partial charge >= 0.3 is 5.97 Å². The third-order valence-corrected chi connectivity index (χ3v) is 4.02. The zero-order valence-electron chi connectivity index (χ0n) is 15.4. The van der Waals surface area contributed by atoms with Crippen LogP contribution in [0, 0.1) is 5.92 Å². The standard InChI is InChI=1S/C21H26N2O3/c1-16(2)20(23-19(24)14-17-8-4-3-5-9-17)21(25)26-13-7-11-18-10-6-12-22-15-18/h3-6,8-10,12,15-16,20H,7,11,13-14H2,1-2H3,(H,23,24). The molecule has 0 bridgehead atoms. The fourth-order valence-corrected chi connectivity index (χ4v) is 2.59. The van der Waals surface area contributed by atoms with E-state index in [2.05, 4.69) is 10.3 Å². The van der Waals surface area contributed by atoms with Crippen molar-refractivity contribution in [1.82, 2.24) is 10.3 Å². The summed E-state index contributed by atoms with van der Waals surface area (Å²) in [5, 5.41) is 2.80. The van der Waals surface area contributed by atoms with Gasteiger partial charge in [-0.05, 0) is 36.0 Å². The fourth-order valence-electron chi connectivity index (χ4n) is 2.59. The molecule has 2 aromatic rings. The number of nitrogens with one attached hydrogen (secondary N) is 1. The zero-order valence-corrected chi connectivity index (χ0v) is 15.4. The van der Waals surface area contributed by atoms with Crippen LogP contribution in [0.3, 0.4) is 0 Å². The smallest absolute Gasteiger partial charge is 0.328 e. The maximum atomic E-state index is 12.3. The average molecular weight is 354 g/mol. The second-order valence-electron chi connectivity index (χ2n) is 6.58. The molecule has 1 atom stereocenters. The molecule has 26 heavy (non-hydrogen) atoms. The molecule has 1 aromatic heterocycles.